The van der Waals surface area contributed by atoms with E-state index < -0.39 is 0 Å². The van der Waals surface area contributed by atoms with E-state index >= 15 is 0 Å². The monoisotopic (exact) mass is 296 g/mol. The standard InChI is InChI=1S/C15H21ClN2O2/c16-14-7-2-1-5-12(14)10-20-11-15(19)18-8-4-3-6-13(18)9-17/h1-2,5,7,13H,3-4,6,8-11,17H2. The number of piperidine rings is 1. The number of rotatable bonds is 5. The lowest BCUT2D eigenvalue weighted by molar-refractivity contribution is -0.140. The minimum absolute atomic E-state index is 0.0206. The van der Waals surface area contributed by atoms with Crippen LogP contribution in [0.15, 0.2) is 24.3 Å². The first-order valence-electron chi connectivity index (χ1n) is 7.03. The van der Waals surface area contributed by atoms with Crippen LogP contribution >= 0.6 is 11.6 Å². The molecule has 0 spiro atoms. The molecule has 1 aliphatic heterocycles. The van der Waals surface area contributed by atoms with E-state index in [1.165, 1.54) is 0 Å². The van der Waals surface area contributed by atoms with Crippen LogP contribution in [0, 0.1) is 0 Å². The van der Waals surface area contributed by atoms with Gasteiger partial charge in [0.05, 0.1) is 6.61 Å². The Kier molecular flexibility index (Phi) is 5.83. The van der Waals surface area contributed by atoms with Gasteiger partial charge in [0.25, 0.3) is 0 Å². The maximum Gasteiger partial charge on any atom is 0.248 e. The number of carbonyl (C=O) groups is 1. The number of hydrogen-bond acceptors (Lipinski definition) is 3. The summed E-state index contributed by atoms with van der Waals surface area (Å²) in [5.74, 6) is 0.0206. The topological polar surface area (TPSA) is 55.6 Å². The van der Waals surface area contributed by atoms with Crippen LogP contribution in [0.25, 0.3) is 0 Å². The van der Waals surface area contributed by atoms with Crippen LogP contribution in [0.5, 0.6) is 0 Å². The molecule has 4 nitrogen and oxygen atoms in total. The van der Waals surface area contributed by atoms with Gasteiger partial charge < -0.3 is 15.4 Å². The molecule has 1 atom stereocenters. The summed E-state index contributed by atoms with van der Waals surface area (Å²) in [6.45, 7) is 1.75. The minimum Gasteiger partial charge on any atom is -0.367 e. The Balaban J connectivity index is 1.81. The van der Waals surface area contributed by atoms with E-state index in [9.17, 15) is 4.79 Å². The van der Waals surface area contributed by atoms with Crippen LogP contribution in [0.2, 0.25) is 5.02 Å². The van der Waals surface area contributed by atoms with Crippen molar-refractivity contribution in [1.82, 2.24) is 4.90 Å². The summed E-state index contributed by atoms with van der Waals surface area (Å²) in [6.07, 6.45) is 3.19. The lowest BCUT2D eigenvalue weighted by Crippen LogP contribution is -2.48. The van der Waals surface area contributed by atoms with Crippen molar-refractivity contribution in [2.45, 2.75) is 31.9 Å². The van der Waals surface area contributed by atoms with Gasteiger partial charge in [0.1, 0.15) is 6.61 Å². The Hall–Kier alpha value is -1.10. The normalized spacial score (nSPS) is 19.1. The van der Waals surface area contributed by atoms with E-state index in [0.717, 1.165) is 31.4 Å². The van der Waals surface area contributed by atoms with E-state index in [1.54, 1.807) is 0 Å². The zero-order chi connectivity index (χ0) is 14.4. The summed E-state index contributed by atoms with van der Waals surface area (Å²) in [4.78, 5) is 14.0. The van der Waals surface area contributed by atoms with Gasteiger partial charge in [-0.1, -0.05) is 29.8 Å². The van der Waals surface area contributed by atoms with Crippen molar-refractivity contribution in [3.8, 4) is 0 Å². The molecule has 5 heteroatoms. The van der Waals surface area contributed by atoms with Gasteiger partial charge in [-0.25, -0.2) is 0 Å². The van der Waals surface area contributed by atoms with E-state index in [1.807, 2.05) is 29.2 Å². The second-order valence-corrected chi connectivity index (χ2v) is 5.46. The molecule has 2 N–H and O–H groups in total. The number of benzene rings is 1. The average molecular weight is 297 g/mol. The summed E-state index contributed by atoms with van der Waals surface area (Å²) < 4.78 is 5.49. The lowest BCUT2D eigenvalue weighted by Gasteiger charge is -2.35. The Bertz CT molecular complexity index is 453. The summed E-state index contributed by atoms with van der Waals surface area (Å²) >= 11 is 6.04. The average Bonchev–Trinajstić information content (AvgIpc) is 2.49. The van der Waals surface area contributed by atoms with E-state index in [2.05, 4.69) is 0 Å². The van der Waals surface area contributed by atoms with Gasteiger partial charge in [-0.15, -0.1) is 0 Å². The molecule has 1 fully saturated rings. The van der Waals surface area contributed by atoms with Gasteiger partial charge in [0, 0.05) is 24.2 Å². The Morgan fingerprint density at radius 2 is 2.20 bits per heavy atom. The molecule has 0 bridgehead atoms. The van der Waals surface area contributed by atoms with Crippen molar-refractivity contribution in [3.63, 3.8) is 0 Å². The highest BCUT2D eigenvalue weighted by atomic mass is 35.5. The molecule has 1 amide bonds. The molecule has 1 unspecified atom stereocenters. The zero-order valence-electron chi connectivity index (χ0n) is 11.6. The molecule has 1 aromatic rings. The molecule has 0 saturated carbocycles. The predicted molar refractivity (Wildman–Crippen MR) is 79.5 cm³/mol. The predicted octanol–water partition coefficient (Wildman–Crippen LogP) is 2.20. The number of nitrogens with zero attached hydrogens (tertiary/aromatic N) is 1. The molecule has 0 aliphatic carbocycles. The van der Waals surface area contributed by atoms with Crippen LogP contribution in [-0.4, -0.2) is 36.5 Å². The largest absolute Gasteiger partial charge is 0.367 e. The molecule has 20 heavy (non-hydrogen) atoms. The third kappa shape index (κ3) is 3.95. The van der Waals surface area contributed by atoms with Gasteiger partial charge in [-0.2, -0.15) is 0 Å². The highest BCUT2D eigenvalue weighted by Crippen LogP contribution is 2.18. The molecule has 1 saturated heterocycles. The fraction of sp³-hybridized carbons (Fsp3) is 0.533. The minimum atomic E-state index is 0.0206. The summed E-state index contributed by atoms with van der Waals surface area (Å²) in [5.41, 5.74) is 6.62. The van der Waals surface area contributed by atoms with E-state index in [0.29, 0.717) is 18.2 Å². The van der Waals surface area contributed by atoms with E-state index in [-0.39, 0.29) is 18.6 Å². The molecular weight excluding hydrogens is 276 g/mol. The number of hydrogen-bond donors (Lipinski definition) is 1. The van der Waals surface area contributed by atoms with Crippen LogP contribution in [0.3, 0.4) is 0 Å². The second-order valence-electron chi connectivity index (χ2n) is 5.06. The van der Waals surface area contributed by atoms with Gasteiger partial charge in [-0.3, -0.25) is 4.79 Å². The fourth-order valence-corrected chi connectivity index (χ4v) is 2.71. The summed E-state index contributed by atoms with van der Waals surface area (Å²) in [5, 5.41) is 0.665. The van der Waals surface area contributed by atoms with Gasteiger partial charge in [0.15, 0.2) is 0 Å². The summed E-state index contributed by atoms with van der Waals surface area (Å²) in [6, 6.07) is 7.66. The highest BCUT2D eigenvalue weighted by Gasteiger charge is 2.25. The van der Waals surface area contributed by atoms with Crippen LogP contribution in [0.1, 0.15) is 24.8 Å². The SMILES string of the molecule is NCC1CCCCN1C(=O)COCc1ccccc1Cl. The highest BCUT2D eigenvalue weighted by molar-refractivity contribution is 6.31. The van der Waals surface area contributed by atoms with Crippen LogP contribution in [0.4, 0.5) is 0 Å². The molecule has 0 aromatic heterocycles. The first kappa shape index (κ1) is 15.3. The third-order valence-electron chi connectivity index (χ3n) is 3.66. The smallest absolute Gasteiger partial charge is 0.248 e. The van der Waals surface area contributed by atoms with Crippen molar-refractivity contribution < 1.29 is 9.53 Å². The van der Waals surface area contributed by atoms with E-state index in [4.69, 9.17) is 22.1 Å². The van der Waals surface area contributed by atoms with Crippen molar-refractivity contribution >= 4 is 17.5 Å². The maximum absolute atomic E-state index is 12.2. The van der Waals surface area contributed by atoms with Crippen molar-refractivity contribution in [2.24, 2.45) is 5.73 Å². The molecule has 1 heterocycles. The number of ether oxygens (including phenoxy) is 1. The van der Waals surface area contributed by atoms with Crippen molar-refractivity contribution in [2.75, 3.05) is 19.7 Å². The third-order valence-corrected chi connectivity index (χ3v) is 4.03. The Morgan fingerprint density at radius 1 is 1.40 bits per heavy atom. The first-order valence-corrected chi connectivity index (χ1v) is 7.41. The molecule has 110 valence electrons. The molecule has 1 aromatic carbocycles. The molecule has 2 rings (SSSR count). The molecule has 1 aliphatic rings. The quantitative estimate of drug-likeness (QED) is 0.906. The van der Waals surface area contributed by atoms with Crippen molar-refractivity contribution in [3.05, 3.63) is 34.9 Å². The number of nitrogens with two attached hydrogens (primary N) is 1. The first-order chi connectivity index (χ1) is 9.72. The summed E-state index contributed by atoms with van der Waals surface area (Å²) in [7, 11) is 0. The number of halogens is 1. The lowest BCUT2D eigenvalue weighted by atomic mass is 10.0. The number of carbonyl (C=O) groups excluding carboxylic acids is 1. The number of likely N-dealkylation sites (tertiary alicyclic amines) is 1. The molecular formula is C15H21ClN2O2. The van der Waals surface area contributed by atoms with Gasteiger partial charge in [0.2, 0.25) is 5.91 Å². The van der Waals surface area contributed by atoms with Crippen LogP contribution < -0.4 is 5.73 Å². The van der Waals surface area contributed by atoms with Crippen molar-refractivity contribution in [1.29, 1.82) is 0 Å². The zero-order valence-corrected chi connectivity index (χ0v) is 12.3. The van der Waals surface area contributed by atoms with Crippen LogP contribution in [-0.2, 0) is 16.1 Å². The fourth-order valence-electron chi connectivity index (χ4n) is 2.52. The Labute approximate surface area is 124 Å². The van der Waals surface area contributed by atoms with Gasteiger partial charge in [-0.05, 0) is 30.9 Å². The molecule has 0 radical (unpaired) electrons. The second kappa shape index (κ2) is 7.62. The Morgan fingerprint density at radius 3 is 2.95 bits per heavy atom. The maximum atomic E-state index is 12.2. The van der Waals surface area contributed by atoms with Gasteiger partial charge >= 0.3 is 0 Å². The number of amides is 1.